The van der Waals surface area contributed by atoms with Crippen LogP contribution in [0.2, 0.25) is 0 Å². The molecule has 0 atom stereocenters. The van der Waals surface area contributed by atoms with Gasteiger partial charge in [-0.3, -0.25) is 19.2 Å². The Hall–Kier alpha value is -6.56. The minimum absolute atomic E-state index is 0.0148. The van der Waals surface area contributed by atoms with Gasteiger partial charge < -0.3 is 25.6 Å². The molecule has 2 aliphatic rings. The van der Waals surface area contributed by atoms with Crippen LogP contribution in [-0.4, -0.2) is 98.8 Å². The lowest BCUT2D eigenvalue weighted by Crippen LogP contribution is -2.43. The number of ether oxygens (including phenoxy) is 1. The van der Waals surface area contributed by atoms with E-state index in [1.807, 2.05) is 0 Å². The van der Waals surface area contributed by atoms with Crippen LogP contribution in [0.25, 0.3) is 11.4 Å². The van der Waals surface area contributed by atoms with Gasteiger partial charge in [-0.25, -0.2) is 14.2 Å². The summed E-state index contributed by atoms with van der Waals surface area (Å²) < 4.78 is 90.4. The number of amides is 3. The number of nitrogens with zero attached hydrogens (tertiary/aromatic N) is 8. The molecule has 2 aromatic heterocycles. The van der Waals surface area contributed by atoms with Crippen LogP contribution in [0.15, 0.2) is 88.1 Å². The number of hydrogen-bond acceptors (Lipinski definition) is 11. The molecule has 0 unspecified atom stereocenters. The highest BCUT2D eigenvalue weighted by molar-refractivity contribution is 6.13. The molecule has 18 nitrogen and oxygen atoms in total. The number of hydrogen-bond donors (Lipinski definition) is 4. The first kappa shape index (κ1) is 56.0. The van der Waals surface area contributed by atoms with Gasteiger partial charge in [0.1, 0.15) is 17.2 Å². The van der Waals surface area contributed by atoms with Gasteiger partial charge in [0.2, 0.25) is 0 Å². The van der Waals surface area contributed by atoms with Crippen molar-refractivity contribution in [2.45, 2.75) is 90.1 Å². The summed E-state index contributed by atoms with van der Waals surface area (Å²) in [5.41, 5.74) is 2.50. The molecule has 4 heterocycles. The maximum absolute atomic E-state index is 13.5. The second-order valence-corrected chi connectivity index (χ2v) is 17.2. The average Bonchev–Trinajstić information content (AvgIpc) is 4.01. The first-order valence-corrected chi connectivity index (χ1v) is 22.6. The highest BCUT2D eigenvalue weighted by Gasteiger charge is 2.40. The number of Topliss-reactive ketones (excluding diaryl/α,β-unsaturated/α-hetero) is 2. The molecule has 0 radical (unpaired) electrons. The molecule has 70 heavy (non-hydrogen) atoms. The van der Waals surface area contributed by atoms with E-state index < -0.39 is 58.4 Å². The third kappa shape index (κ3) is 17.8. The summed E-state index contributed by atoms with van der Waals surface area (Å²) in [6.07, 6.45) is -3.97. The van der Waals surface area contributed by atoms with Gasteiger partial charge in [0.15, 0.2) is 11.4 Å². The summed E-state index contributed by atoms with van der Waals surface area (Å²) in [5.74, 6) is -1.75. The highest BCUT2D eigenvalue weighted by Crippen LogP contribution is 2.33. The number of aromatic nitrogens is 4. The smallest absolute Gasteiger partial charge is 0.435 e. The van der Waals surface area contributed by atoms with Gasteiger partial charge in [0.25, 0.3) is 11.8 Å². The first-order valence-electron chi connectivity index (χ1n) is 22.3. The van der Waals surface area contributed by atoms with Crippen molar-refractivity contribution in [2.24, 2.45) is 26.9 Å². The van der Waals surface area contributed by atoms with Crippen molar-refractivity contribution in [3.05, 3.63) is 95.6 Å². The Labute approximate surface area is 404 Å². The lowest BCUT2D eigenvalue weighted by molar-refractivity contribution is -0.142. The fourth-order valence-electron chi connectivity index (χ4n) is 7.32. The van der Waals surface area contributed by atoms with E-state index in [1.165, 1.54) is 0 Å². The number of carbonyl (C=O) groups excluding carboxylic acids is 5. The average molecular weight is 1010 g/mol. The van der Waals surface area contributed by atoms with E-state index in [-0.39, 0.29) is 42.9 Å². The number of benzene rings is 2. The van der Waals surface area contributed by atoms with Gasteiger partial charge in [0.05, 0.1) is 34.3 Å². The van der Waals surface area contributed by atoms with Crippen molar-refractivity contribution in [2.75, 3.05) is 39.3 Å². The summed E-state index contributed by atoms with van der Waals surface area (Å²) in [7, 11) is 0. The number of halogens is 7. The minimum Gasteiger partial charge on any atom is -0.444 e. The normalized spacial score (nSPS) is 14.7. The molecule has 2 fully saturated rings. The number of rotatable bonds is 15. The van der Waals surface area contributed by atoms with Crippen LogP contribution < -0.4 is 16.0 Å². The molecular formula is C45H55ClF6N12O6. The SMILES string of the molecule is CC(C)(C)OC(=O)N1CCC(C(=O)CCCNC(=O)c2cn(-c3ccccc3)nc2C(F)(F)F)CC1.N=NN=NCl.O=C(NCCCC(=O)C1CCNCC1)c1cn(-c2ccccc2)nc1C(F)(F)F. The van der Waals surface area contributed by atoms with Crippen molar-refractivity contribution in [1.29, 1.82) is 5.53 Å². The predicted octanol–water partition coefficient (Wildman–Crippen LogP) is 9.13. The third-order valence-corrected chi connectivity index (χ3v) is 10.8. The van der Waals surface area contributed by atoms with Gasteiger partial charge in [-0.05, 0) is 107 Å². The Bertz CT molecular complexity index is 2380. The number of likely N-dealkylation sites (tertiary alicyclic amines) is 1. The molecule has 0 spiro atoms. The van der Waals surface area contributed by atoms with E-state index in [0.29, 0.717) is 56.6 Å². The van der Waals surface area contributed by atoms with Crippen LogP contribution in [0, 0.1) is 17.4 Å². The summed E-state index contributed by atoms with van der Waals surface area (Å²) in [6.45, 7) is 8.04. The minimum atomic E-state index is -4.79. The zero-order valence-electron chi connectivity index (χ0n) is 38.7. The fourth-order valence-corrected chi connectivity index (χ4v) is 7.36. The molecule has 4 N–H and O–H groups in total. The molecule has 0 saturated carbocycles. The summed E-state index contributed by atoms with van der Waals surface area (Å²) in [4.78, 5) is 63.3. The Morgan fingerprint density at radius 3 is 1.49 bits per heavy atom. The largest absolute Gasteiger partial charge is 0.444 e. The van der Waals surface area contributed by atoms with Crippen LogP contribution in [0.5, 0.6) is 0 Å². The molecule has 6 rings (SSSR count). The van der Waals surface area contributed by atoms with Crippen molar-refractivity contribution < 1.29 is 55.1 Å². The van der Waals surface area contributed by atoms with Crippen molar-refractivity contribution in [1.82, 2.24) is 40.4 Å². The topological polar surface area (TPSA) is 230 Å². The Morgan fingerprint density at radius 1 is 0.714 bits per heavy atom. The van der Waals surface area contributed by atoms with Crippen LogP contribution >= 0.6 is 11.8 Å². The Balaban J connectivity index is 0.000000283. The quantitative estimate of drug-likeness (QED) is 0.0384. The lowest BCUT2D eigenvalue weighted by Gasteiger charge is -2.33. The molecule has 380 valence electrons. The zero-order chi connectivity index (χ0) is 51.5. The van der Waals surface area contributed by atoms with E-state index >= 15 is 0 Å². The molecule has 25 heteroatoms. The van der Waals surface area contributed by atoms with E-state index in [0.717, 1.165) is 47.7 Å². The van der Waals surface area contributed by atoms with Crippen molar-refractivity contribution in [3.8, 4) is 11.4 Å². The number of carbonyl (C=O) groups is 5. The summed E-state index contributed by atoms with van der Waals surface area (Å²) in [5, 5.41) is 20.3. The molecule has 2 aromatic carbocycles. The second kappa shape index (κ2) is 26.4. The van der Waals surface area contributed by atoms with Gasteiger partial charge in [-0.15, -0.1) is 0 Å². The second-order valence-electron chi connectivity index (χ2n) is 17.0. The van der Waals surface area contributed by atoms with E-state index in [2.05, 4.69) is 53.0 Å². The third-order valence-electron chi connectivity index (χ3n) is 10.7. The monoisotopic (exact) mass is 1010 g/mol. The molecule has 2 aliphatic heterocycles. The summed E-state index contributed by atoms with van der Waals surface area (Å²) in [6, 6.07) is 16.5. The number of alkyl halides is 6. The van der Waals surface area contributed by atoms with Crippen molar-refractivity contribution >= 4 is 41.3 Å². The van der Waals surface area contributed by atoms with Gasteiger partial charge in [-0.1, -0.05) is 41.0 Å². The molecule has 3 amide bonds. The number of piperidine rings is 2. The van der Waals surface area contributed by atoms with Gasteiger partial charge >= 0.3 is 18.4 Å². The summed E-state index contributed by atoms with van der Waals surface area (Å²) >= 11 is 4.55. The van der Waals surface area contributed by atoms with E-state index in [4.69, 9.17) is 10.3 Å². The lowest BCUT2D eigenvalue weighted by atomic mass is 9.90. The maximum atomic E-state index is 13.5. The standard InChI is InChI=1S/C25H31F3N4O4.C20H23F3N4O2.ClHN4/c1-24(2,3)36-23(35)31-14-11-17(12-15-31)20(33)10-7-13-29-22(34)19-16-32(18-8-5-4-6-9-18)30-21(19)25(26,27)28;21-20(22,23)18-16(13-27(26-18)15-5-2-1-3-6-15)19(29)25-10-4-7-17(28)14-8-11-24-12-9-14;1-3-5-4-2/h4-6,8-9,16-17H,7,10-15H2,1-3H3,(H,29,34);1-3,5-6,13-14,24H,4,7-12H2,(H,25,29);2H. The van der Waals surface area contributed by atoms with Crippen LogP contribution in [0.3, 0.4) is 0 Å². The molecule has 0 aliphatic carbocycles. The van der Waals surface area contributed by atoms with E-state index in [1.54, 1.807) is 86.3 Å². The number of nitrogens with one attached hydrogen (secondary N) is 4. The van der Waals surface area contributed by atoms with Crippen LogP contribution in [-0.2, 0) is 26.7 Å². The van der Waals surface area contributed by atoms with Gasteiger partial charge in [0, 0.05) is 63.3 Å². The number of ketones is 2. The predicted molar refractivity (Wildman–Crippen MR) is 242 cm³/mol. The first-order chi connectivity index (χ1) is 33.1. The number of para-hydroxylation sites is 2. The van der Waals surface area contributed by atoms with E-state index in [9.17, 15) is 50.3 Å². The fraction of sp³-hybridized carbons (Fsp3) is 0.489. The van der Waals surface area contributed by atoms with Crippen molar-refractivity contribution in [3.63, 3.8) is 0 Å². The van der Waals surface area contributed by atoms with Gasteiger partial charge in [-0.2, -0.15) is 42.1 Å². The highest BCUT2D eigenvalue weighted by atomic mass is 35.5. The Morgan fingerprint density at radius 2 is 1.13 bits per heavy atom. The Kier molecular flexibility index (Phi) is 21.2. The zero-order valence-corrected chi connectivity index (χ0v) is 39.4. The van der Waals surface area contributed by atoms with Crippen LogP contribution in [0.4, 0.5) is 31.1 Å². The molecule has 4 aromatic rings. The molecule has 0 bridgehead atoms. The molecular weight excluding hydrogens is 954 g/mol. The molecule has 2 saturated heterocycles. The maximum Gasteiger partial charge on any atom is 0.435 e. The van der Waals surface area contributed by atoms with Crippen LogP contribution in [0.1, 0.15) is 104 Å².